The Morgan fingerprint density at radius 3 is 2.65 bits per heavy atom. The van der Waals surface area contributed by atoms with Crippen molar-refractivity contribution in [1.29, 1.82) is 0 Å². The summed E-state index contributed by atoms with van der Waals surface area (Å²) >= 11 is 0. The van der Waals surface area contributed by atoms with Crippen LogP contribution in [0.25, 0.3) is 0 Å². The monoisotopic (exact) mass is 322 g/mol. The van der Waals surface area contributed by atoms with Gasteiger partial charge in [0.1, 0.15) is 0 Å². The minimum Gasteiger partial charge on any atom is -0.390 e. The zero-order valence-corrected chi connectivity index (χ0v) is 12.7. The summed E-state index contributed by atoms with van der Waals surface area (Å²) in [6.45, 7) is 2.14. The molecule has 114 valence electrons. The van der Waals surface area contributed by atoms with Crippen LogP contribution in [0.1, 0.15) is 19.0 Å². The van der Waals surface area contributed by atoms with Gasteiger partial charge < -0.3 is 9.67 Å². The fraction of sp³-hybridized carbons (Fsp3) is 0.636. The zero-order valence-electron chi connectivity index (χ0n) is 11.1. The van der Waals surface area contributed by atoms with Gasteiger partial charge in [0.2, 0.25) is 10.0 Å². The summed E-state index contributed by atoms with van der Waals surface area (Å²) in [6, 6.07) is 0.822. The number of sulfone groups is 1. The number of hydrogen-bond donors (Lipinski definition) is 2. The summed E-state index contributed by atoms with van der Waals surface area (Å²) in [5, 5.41) is 9.17. The molecule has 0 bridgehead atoms. The van der Waals surface area contributed by atoms with Gasteiger partial charge in [-0.1, -0.05) is 0 Å². The third kappa shape index (κ3) is 3.22. The standard InChI is InChI=1S/C11H18N2O5S2/c1-2-13-6-11(5-10(13)7-14)20(17,18)12-9-3-4-19(15,16)8-9/h5-6,9,12,14H,2-4,7-8H2,1H3. The number of aliphatic hydroxyl groups excluding tert-OH is 1. The fourth-order valence-corrected chi connectivity index (χ4v) is 5.39. The summed E-state index contributed by atoms with van der Waals surface area (Å²) in [4.78, 5) is 0.0488. The molecule has 0 aliphatic carbocycles. The third-order valence-corrected chi connectivity index (χ3v) is 6.58. The molecule has 2 rings (SSSR count). The highest BCUT2D eigenvalue weighted by atomic mass is 32.2. The van der Waals surface area contributed by atoms with Gasteiger partial charge in [0.05, 0.1) is 23.0 Å². The van der Waals surface area contributed by atoms with E-state index in [9.17, 15) is 16.8 Å². The van der Waals surface area contributed by atoms with E-state index < -0.39 is 25.9 Å². The molecule has 2 N–H and O–H groups in total. The van der Waals surface area contributed by atoms with E-state index >= 15 is 0 Å². The van der Waals surface area contributed by atoms with E-state index in [-0.39, 0.29) is 23.0 Å². The molecule has 20 heavy (non-hydrogen) atoms. The van der Waals surface area contributed by atoms with Crippen LogP contribution in [0, 0.1) is 0 Å². The lowest BCUT2D eigenvalue weighted by Gasteiger charge is -2.10. The van der Waals surface area contributed by atoms with E-state index in [2.05, 4.69) is 4.72 Å². The third-order valence-electron chi connectivity index (χ3n) is 3.33. The summed E-state index contributed by atoms with van der Waals surface area (Å²) in [6.07, 6.45) is 1.74. The molecule has 1 unspecified atom stereocenters. The van der Waals surface area contributed by atoms with Crippen LogP contribution in [0.2, 0.25) is 0 Å². The number of aliphatic hydroxyl groups is 1. The molecule has 0 spiro atoms. The van der Waals surface area contributed by atoms with Crippen molar-refractivity contribution in [2.24, 2.45) is 0 Å². The van der Waals surface area contributed by atoms with Crippen LogP contribution in [0.15, 0.2) is 17.2 Å². The smallest absolute Gasteiger partial charge is 0.242 e. The Labute approximate surface area is 118 Å². The molecule has 1 aromatic rings. The fourth-order valence-electron chi connectivity index (χ4n) is 2.27. The van der Waals surface area contributed by atoms with Crippen molar-refractivity contribution < 1.29 is 21.9 Å². The van der Waals surface area contributed by atoms with Gasteiger partial charge in [-0.3, -0.25) is 0 Å². The van der Waals surface area contributed by atoms with E-state index in [0.717, 1.165) is 0 Å². The molecular formula is C11H18N2O5S2. The van der Waals surface area contributed by atoms with Crippen LogP contribution in [0.5, 0.6) is 0 Å². The summed E-state index contributed by atoms with van der Waals surface area (Å²) in [7, 11) is -6.90. The second-order valence-corrected chi connectivity index (χ2v) is 8.78. The van der Waals surface area contributed by atoms with Gasteiger partial charge in [-0.2, -0.15) is 0 Å². The molecule has 1 aliphatic rings. The maximum atomic E-state index is 12.2. The highest BCUT2D eigenvalue weighted by Crippen LogP contribution is 2.18. The second-order valence-electron chi connectivity index (χ2n) is 4.83. The highest BCUT2D eigenvalue weighted by molar-refractivity contribution is 7.92. The molecule has 1 atom stereocenters. The number of aromatic nitrogens is 1. The van der Waals surface area contributed by atoms with Crippen molar-refractivity contribution in [2.45, 2.75) is 37.4 Å². The molecule has 1 fully saturated rings. The van der Waals surface area contributed by atoms with E-state index in [1.807, 2.05) is 6.92 Å². The highest BCUT2D eigenvalue weighted by Gasteiger charge is 2.31. The van der Waals surface area contributed by atoms with E-state index in [1.54, 1.807) is 4.57 Å². The lowest BCUT2D eigenvalue weighted by Crippen LogP contribution is -2.35. The van der Waals surface area contributed by atoms with Crippen LogP contribution in [0.3, 0.4) is 0 Å². The Bertz CT molecular complexity index is 669. The number of rotatable bonds is 5. The van der Waals surface area contributed by atoms with Gasteiger partial charge in [0, 0.05) is 24.5 Å². The van der Waals surface area contributed by atoms with Crippen LogP contribution in [0.4, 0.5) is 0 Å². The van der Waals surface area contributed by atoms with Crippen LogP contribution in [-0.2, 0) is 33.0 Å². The lowest BCUT2D eigenvalue weighted by molar-refractivity contribution is 0.271. The number of sulfonamides is 1. The Kier molecular flexibility index (Phi) is 4.24. The normalized spacial score (nSPS) is 22.2. The van der Waals surface area contributed by atoms with Crippen molar-refractivity contribution in [3.63, 3.8) is 0 Å². The molecule has 0 amide bonds. The molecule has 2 heterocycles. The Morgan fingerprint density at radius 2 is 2.20 bits per heavy atom. The first-order valence-corrected chi connectivity index (χ1v) is 9.60. The lowest BCUT2D eigenvalue weighted by atomic mass is 10.3. The van der Waals surface area contributed by atoms with Gasteiger partial charge >= 0.3 is 0 Å². The quantitative estimate of drug-likeness (QED) is 0.758. The van der Waals surface area contributed by atoms with Crippen LogP contribution >= 0.6 is 0 Å². The number of aryl methyl sites for hydroxylation is 1. The van der Waals surface area contributed by atoms with Crippen LogP contribution < -0.4 is 4.72 Å². The van der Waals surface area contributed by atoms with Gasteiger partial charge in [-0.25, -0.2) is 21.6 Å². The number of hydrogen-bond acceptors (Lipinski definition) is 5. The van der Waals surface area contributed by atoms with Crippen LogP contribution in [-0.4, -0.2) is 44.1 Å². The summed E-state index contributed by atoms with van der Waals surface area (Å²) < 4.78 is 51.1. The van der Waals surface area contributed by atoms with Crippen molar-refractivity contribution in [3.8, 4) is 0 Å². The molecular weight excluding hydrogens is 304 g/mol. The molecule has 1 aliphatic heterocycles. The second kappa shape index (κ2) is 5.47. The first kappa shape index (κ1) is 15.5. The van der Waals surface area contributed by atoms with Crippen molar-refractivity contribution >= 4 is 19.9 Å². The topological polar surface area (TPSA) is 105 Å². The average Bonchev–Trinajstić information content (AvgIpc) is 2.92. The largest absolute Gasteiger partial charge is 0.390 e. The van der Waals surface area contributed by atoms with Gasteiger partial charge in [-0.15, -0.1) is 0 Å². The van der Waals surface area contributed by atoms with E-state index in [4.69, 9.17) is 5.11 Å². The average molecular weight is 322 g/mol. The molecule has 1 saturated heterocycles. The predicted octanol–water partition coefficient (Wildman–Crippen LogP) is -0.534. The first-order valence-electron chi connectivity index (χ1n) is 6.30. The molecule has 0 aromatic carbocycles. The van der Waals surface area contributed by atoms with Gasteiger partial charge in [0.25, 0.3) is 0 Å². The molecule has 1 aromatic heterocycles. The Balaban J connectivity index is 2.21. The van der Waals surface area contributed by atoms with Crippen molar-refractivity contribution in [3.05, 3.63) is 18.0 Å². The summed E-state index contributed by atoms with van der Waals surface area (Å²) in [5.41, 5.74) is 0.506. The van der Waals surface area contributed by atoms with Gasteiger partial charge in [0.15, 0.2) is 9.84 Å². The minimum atomic E-state index is -3.76. The number of nitrogens with zero attached hydrogens (tertiary/aromatic N) is 1. The maximum absolute atomic E-state index is 12.2. The Hall–Kier alpha value is -0.900. The molecule has 9 heteroatoms. The van der Waals surface area contributed by atoms with E-state index in [1.165, 1.54) is 12.3 Å². The molecule has 0 saturated carbocycles. The summed E-state index contributed by atoms with van der Waals surface area (Å²) in [5.74, 6) is -0.147. The zero-order chi connectivity index (χ0) is 15.0. The minimum absolute atomic E-state index is 0.0120. The van der Waals surface area contributed by atoms with Crippen molar-refractivity contribution in [2.75, 3.05) is 11.5 Å². The van der Waals surface area contributed by atoms with Gasteiger partial charge in [-0.05, 0) is 19.4 Å². The van der Waals surface area contributed by atoms with Crippen molar-refractivity contribution in [1.82, 2.24) is 9.29 Å². The maximum Gasteiger partial charge on any atom is 0.242 e. The Morgan fingerprint density at radius 1 is 1.50 bits per heavy atom. The molecule has 0 radical (unpaired) electrons. The van der Waals surface area contributed by atoms with E-state index in [0.29, 0.717) is 18.7 Å². The molecule has 7 nitrogen and oxygen atoms in total. The predicted molar refractivity (Wildman–Crippen MR) is 73.4 cm³/mol. The SMILES string of the molecule is CCn1cc(S(=O)(=O)NC2CCS(=O)(=O)C2)cc1CO. The first-order chi connectivity index (χ1) is 9.27. The number of nitrogens with one attached hydrogen (secondary N) is 1.